The molecule has 0 radical (unpaired) electrons. The Bertz CT molecular complexity index is 602. The summed E-state index contributed by atoms with van der Waals surface area (Å²) < 4.78 is 27.5. The summed E-state index contributed by atoms with van der Waals surface area (Å²) in [4.78, 5) is 0.226. The fourth-order valence-corrected chi connectivity index (χ4v) is 5.27. The second-order valence-corrected chi connectivity index (χ2v) is 8.13. The molecule has 118 valence electrons. The fourth-order valence-electron chi connectivity index (χ4n) is 2.92. The molecule has 2 rings (SSSR count). The van der Waals surface area contributed by atoms with Gasteiger partial charge in [-0.05, 0) is 43.5 Å². The third-order valence-corrected chi connectivity index (χ3v) is 6.39. The Kier molecular flexibility index (Phi) is 5.30. The van der Waals surface area contributed by atoms with Crippen molar-refractivity contribution in [2.24, 2.45) is 5.92 Å². The molecular weight excluding hydrogens is 308 g/mol. The van der Waals surface area contributed by atoms with Crippen molar-refractivity contribution < 1.29 is 8.42 Å². The number of sulfonamides is 1. The number of nitrogens with zero attached hydrogens (tertiary/aromatic N) is 1. The van der Waals surface area contributed by atoms with Crippen molar-refractivity contribution in [1.82, 2.24) is 9.62 Å². The van der Waals surface area contributed by atoms with Gasteiger partial charge in [0.15, 0.2) is 0 Å². The average molecular weight is 331 g/mol. The molecule has 1 aliphatic heterocycles. The Balaban J connectivity index is 2.41. The number of benzene rings is 1. The molecule has 1 N–H and O–H groups in total. The van der Waals surface area contributed by atoms with Crippen LogP contribution in [0.25, 0.3) is 0 Å². The van der Waals surface area contributed by atoms with Crippen molar-refractivity contribution in [2.45, 2.75) is 44.2 Å². The minimum atomic E-state index is -3.53. The van der Waals surface area contributed by atoms with E-state index in [9.17, 15) is 8.42 Å². The summed E-state index contributed by atoms with van der Waals surface area (Å²) in [5.74, 6) is 0.307. The monoisotopic (exact) mass is 330 g/mol. The molecule has 0 amide bonds. The molecule has 0 spiro atoms. The van der Waals surface area contributed by atoms with Gasteiger partial charge in [-0.2, -0.15) is 4.31 Å². The third-order valence-electron chi connectivity index (χ3n) is 3.98. The van der Waals surface area contributed by atoms with E-state index >= 15 is 0 Å². The van der Waals surface area contributed by atoms with Crippen LogP contribution in [-0.4, -0.2) is 32.4 Å². The Morgan fingerprint density at radius 3 is 2.76 bits per heavy atom. The van der Waals surface area contributed by atoms with Crippen molar-refractivity contribution >= 4 is 21.6 Å². The third kappa shape index (κ3) is 3.42. The molecule has 1 aromatic rings. The number of hydrogen-bond acceptors (Lipinski definition) is 3. The normalized spacial score (nSPS) is 20.3. The summed E-state index contributed by atoms with van der Waals surface area (Å²) in [5.41, 5.74) is 0.917. The first-order valence-corrected chi connectivity index (χ1v) is 9.14. The topological polar surface area (TPSA) is 49.4 Å². The van der Waals surface area contributed by atoms with Gasteiger partial charge in [-0.25, -0.2) is 8.42 Å². The van der Waals surface area contributed by atoms with Gasteiger partial charge in [0.1, 0.15) is 4.90 Å². The van der Waals surface area contributed by atoms with Gasteiger partial charge in [-0.1, -0.05) is 31.5 Å². The highest BCUT2D eigenvalue weighted by molar-refractivity contribution is 7.89. The molecule has 1 unspecified atom stereocenters. The quantitative estimate of drug-likeness (QED) is 0.903. The summed E-state index contributed by atoms with van der Waals surface area (Å²) >= 11 is 6.16. The van der Waals surface area contributed by atoms with Crippen molar-refractivity contribution in [3.8, 4) is 0 Å². The van der Waals surface area contributed by atoms with Crippen LogP contribution in [-0.2, 0) is 16.6 Å². The highest BCUT2D eigenvalue weighted by Crippen LogP contribution is 2.33. The van der Waals surface area contributed by atoms with Crippen molar-refractivity contribution in [3.05, 3.63) is 28.8 Å². The second-order valence-electron chi connectivity index (χ2n) is 5.86. The molecule has 0 saturated carbocycles. The van der Waals surface area contributed by atoms with E-state index in [4.69, 9.17) is 11.6 Å². The van der Waals surface area contributed by atoms with Crippen LogP contribution in [0.2, 0.25) is 5.02 Å². The van der Waals surface area contributed by atoms with Crippen LogP contribution in [0.15, 0.2) is 23.1 Å². The Hall–Kier alpha value is -0.620. The first-order valence-electron chi connectivity index (χ1n) is 7.32. The van der Waals surface area contributed by atoms with Crippen LogP contribution in [0.3, 0.4) is 0 Å². The summed E-state index contributed by atoms with van der Waals surface area (Å²) in [6, 6.07) is 5.27. The number of rotatable bonds is 5. The smallest absolute Gasteiger partial charge is 0.244 e. The lowest BCUT2D eigenvalue weighted by atomic mass is 10.0. The Morgan fingerprint density at radius 1 is 1.43 bits per heavy atom. The second kappa shape index (κ2) is 6.65. The van der Waals surface area contributed by atoms with E-state index in [1.165, 1.54) is 0 Å². The average Bonchev–Trinajstić information content (AvgIpc) is 2.91. The number of nitrogens with one attached hydrogen (secondary N) is 1. The lowest BCUT2D eigenvalue weighted by Gasteiger charge is -2.27. The lowest BCUT2D eigenvalue weighted by Crippen LogP contribution is -2.38. The molecule has 4 nitrogen and oxygen atoms in total. The minimum Gasteiger partial charge on any atom is -0.316 e. The van der Waals surface area contributed by atoms with Crippen LogP contribution in [0.4, 0.5) is 0 Å². The fraction of sp³-hybridized carbons (Fsp3) is 0.600. The van der Waals surface area contributed by atoms with E-state index in [1.54, 1.807) is 16.4 Å². The molecule has 1 atom stereocenters. The zero-order valence-corrected chi connectivity index (χ0v) is 14.3. The van der Waals surface area contributed by atoms with Gasteiger partial charge >= 0.3 is 0 Å². The molecule has 1 aliphatic rings. The van der Waals surface area contributed by atoms with Crippen molar-refractivity contribution in [1.29, 1.82) is 0 Å². The summed E-state index contributed by atoms with van der Waals surface area (Å²) in [6.07, 6.45) is 1.83. The van der Waals surface area contributed by atoms with Crippen molar-refractivity contribution in [2.75, 3.05) is 13.6 Å². The van der Waals surface area contributed by atoms with E-state index in [0.29, 0.717) is 24.0 Å². The van der Waals surface area contributed by atoms with Gasteiger partial charge in [0.05, 0.1) is 5.02 Å². The molecule has 0 aromatic heterocycles. The van der Waals surface area contributed by atoms with Crippen LogP contribution in [0.5, 0.6) is 0 Å². The summed E-state index contributed by atoms with van der Waals surface area (Å²) in [6.45, 7) is 5.33. The maximum Gasteiger partial charge on any atom is 0.244 e. The number of halogens is 1. The molecule has 6 heteroatoms. The highest BCUT2D eigenvalue weighted by Gasteiger charge is 2.37. The van der Waals surface area contributed by atoms with Gasteiger partial charge in [-0.15, -0.1) is 0 Å². The maximum atomic E-state index is 12.9. The molecule has 0 aliphatic carbocycles. The van der Waals surface area contributed by atoms with Crippen molar-refractivity contribution in [3.63, 3.8) is 0 Å². The summed E-state index contributed by atoms with van der Waals surface area (Å²) in [7, 11) is -1.70. The highest BCUT2D eigenvalue weighted by atomic mass is 35.5. The van der Waals surface area contributed by atoms with E-state index in [0.717, 1.165) is 18.4 Å². The maximum absolute atomic E-state index is 12.9. The van der Waals surface area contributed by atoms with E-state index < -0.39 is 10.0 Å². The predicted octanol–water partition coefficient (Wildman–Crippen LogP) is 2.87. The predicted molar refractivity (Wildman–Crippen MR) is 86.0 cm³/mol. The lowest BCUT2D eigenvalue weighted by molar-refractivity contribution is 0.316. The molecule has 21 heavy (non-hydrogen) atoms. The first kappa shape index (κ1) is 16.7. The van der Waals surface area contributed by atoms with E-state index in [-0.39, 0.29) is 10.9 Å². The van der Waals surface area contributed by atoms with Crippen LogP contribution in [0, 0.1) is 5.92 Å². The van der Waals surface area contributed by atoms with Gasteiger partial charge in [0.25, 0.3) is 0 Å². The molecule has 1 fully saturated rings. The Labute approximate surface area is 132 Å². The molecule has 1 saturated heterocycles. The zero-order valence-electron chi connectivity index (χ0n) is 12.8. The SMILES string of the molecule is CNCc1ccc(Cl)c(S(=O)(=O)N2CCCC2C(C)C)c1. The molecular formula is C15H23ClN2O2S. The molecule has 1 heterocycles. The first-order chi connectivity index (χ1) is 9.87. The zero-order chi connectivity index (χ0) is 15.6. The van der Waals surface area contributed by atoms with Gasteiger partial charge < -0.3 is 5.32 Å². The van der Waals surface area contributed by atoms with Crippen LogP contribution >= 0.6 is 11.6 Å². The summed E-state index contributed by atoms with van der Waals surface area (Å²) in [5, 5.41) is 3.32. The standard InChI is InChI=1S/C15H23ClN2O2S/c1-11(2)14-5-4-8-18(14)21(19,20)15-9-12(10-17-3)6-7-13(15)16/h6-7,9,11,14,17H,4-5,8,10H2,1-3H3. The molecule has 0 bridgehead atoms. The Morgan fingerprint density at radius 2 is 2.14 bits per heavy atom. The van der Waals surface area contributed by atoms with Crippen LogP contribution in [0.1, 0.15) is 32.3 Å². The van der Waals surface area contributed by atoms with Crippen LogP contribution < -0.4 is 5.32 Å². The van der Waals surface area contributed by atoms with Gasteiger partial charge in [-0.3, -0.25) is 0 Å². The number of hydrogen-bond donors (Lipinski definition) is 1. The minimum absolute atomic E-state index is 0.0685. The van der Waals surface area contributed by atoms with Gasteiger partial charge in [0.2, 0.25) is 10.0 Å². The molecule has 1 aromatic carbocycles. The largest absolute Gasteiger partial charge is 0.316 e. The van der Waals surface area contributed by atoms with Gasteiger partial charge in [0, 0.05) is 19.1 Å². The van der Waals surface area contributed by atoms with E-state index in [2.05, 4.69) is 19.2 Å². The van der Waals surface area contributed by atoms with E-state index in [1.807, 2.05) is 13.1 Å².